The lowest BCUT2D eigenvalue weighted by Crippen LogP contribution is -2.50. The highest BCUT2D eigenvalue weighted by atomic mass is 19.1. The van der Waals surface area contributed by atoms with Gasteiger partial charge in [-0.15, -0.1) is 0 Å². The number of amides is 2. The number of aromatic amines is 1. The molecular weight excluding hydrogens is 403 g/mol. The molecular formula is C21H23FN6O3. The van der Waals surface area contributed by atoms with Crippen molar-refractivity contribution in [2.75, 3.05) is 39.3 Å². The van der Waals surface area contributed by atoms with Crippen LogP contribution in [0.3, 0.4) is 0 Å². The summed E-state index contributed by atoms with van der Waals surface area (Å²) in [6, 6.07) is 9.20. The second-order valence-electron chi connectivity index (χ2n) is 7.39. The largest absolute Gasteiger partial charge is 0.361 e. The topological polar surface area (TPSA) is 107 Å². The Morgan fingerprint density at radius 1 is 1.16 bits per heavy atom. The molecule has 2 aromatic heterocycles. The molecule has 162 valence electrons. The third-order valence-corrected chi connectivity index (χ3v) is 5.18. The Labute approximate surface area is 178 Å². The number of H-pyrrole nitrogens is 1. The Hall–Kier alpha value is -3.53. The Bertz CT molecular complexity index is 1050. The minimum atomic E-state index is -0.323. The van der Waals surface area contributed by atoms with Gasteiger partial charge in [0.2, 0.25) is 0 Å². The van der Waals surface area contributed by atoms with Crippen LogP contribution < -0.4 is 5.32 Å². The first-order chi connectivity index (χ1) is 15.0. The Kier molecular flexibility index (Phi) is 6.08. The molecule has 10 heteroatoms. The molecule has 3 aromatic rings. The van der Waals surface area contributed by atoms with Crippen molar-refractivity contribution < 1.29 is 18.5 Å². The van der Waals surface area contributed by atoms with Crippen molar-refractivity contribution in [3.63, 3.8) is 0 Å². The monoisotopic (exact) mass is 426 g/mol. The molecule has 4 rings (SSSR count). The summed E-state index contributed by atoms with van der Waals surface area (Å²) >= 11 is 0. The van der Waals surface area contributed by atoms with Crippen molar-refractivity contribution in [2.45, 2.75) is 6.92 Å². The summed E-state index contributed by atoms with van der Waals surface area (Å²) in [6.45, 7) is 5.54. The van der Waals surface area contributed by atoms with Crippen LogP contribution in [-0.4, -0.2) is 76.2 Å². The van der Waals surface area contributed by atoms with Crippen molar-refractivity contribution >= 4 is 11.8 Å². The number of hydrogen-bond acceptors (Lipinski definition) is 6. The molecule has 0 aliphatic carbocycles. The zero-order valence-electron chi connectivity index (χ0n) is 17.1. The van der Waals surface area contributed by atoms with Gasteiger partial charge in [0.1, 0.15) is 17.3 Å². The summed E-state index contributed by atoms with van der Waals surface area (Å²) in [6.07, 6.45) is 0. The molecule has 9 nitrogen and oxygen atoms in total. The van der Waals surface area contributed by atoms with Gasteiger partial charge in [0.05, 0.1) is 5.69 Å². The molecule has 0 bridgehead atoms. The molecule has 1 aromatic carbocycles. The average molecular weight is 426 g/mol. The van der Waals surface area contributed by atoms with Crippen LogP contribution in [0.4, 0.5) is 4.39 Å². The van der Waals surface area contributed by atoms with Gasteiger partial charge in [-0.25, -0.2) is 4.39 Å². The number of nitrogens with zero attached hydrogens (tertiary/aromatic N) is 4. The van der Waals surface area contributed by atoms with Gasteiger partial charge in [0.25, 0.3) is 11.8 Å². The number of aryl methyl sites for hydroxylation is 1. The zero-order chi connectivity index (χ0) is 21.8. The van der Waals surface area contributed by atoms with Crippen molar-refractivity contribution in [1.82, 2.24) is 30.5 Å². The number of nitrogens with one attached hydrogen (secondary N) is 2. The van der Waals surface area contributed by atoms with Crippen molar-refractivity contribution in [3.05, 3.63) is 59.4 Å². The highest BCUT2D eigenvalue weighted by Crippen LogP contribution is 2.18. The van der Waals surface area contributed by atoms with E-state index >= 15 is 0 Å². The fraction of sp³-hybridized carbons (Fsp3) is 0.333. The number of benzene rings is 1. The van der Waals surface area contributed by atoms with E-state index in [2.05, 4.69) is 25.6 Å². The lowest BCUT2D eigenvalue weighted by atomic mass is 10.1. The number of carbonyl (C=O) groups excluding carboxylic acids is 2. The van der Waals surface area contributed by atoms with Crippen molar-refractivity contribution in [3.8, 4) is 11.3 Å². The number of piperazine rings is 1. The molecule has 0 saturated carbocycles. The Balaban J connectivity index is 1.21. The summed E-state index contributed by atoms with van der Waals surface area (Å²) in [5.74, 6) is -0.0902. The maximum Gasteiger partial charge on any atom is 0.276 e. The first kappa shape index (κ1) is 20.7. The quantitative estimate of drug-likeness (QED) is 0.621. The molecule has 1 aliphatic heterocycles. The molecule has 31 heavy (non-hydrogen) atoms. The van der Waals surface area contributed by atoms with Crippen LogP contribution in [0.1, 0.15) is 26.7 Å². The predicted molar refractivity (Wildman–Crippen MR) is 110 cm³/mol. The second kappa shape index (κ2) is 9.09. The molecule has 2 N–H and O–H groups in total. The first-order valence-electron chi connectivity index (χ1n) is 10.0. The minimum absolute atomic E-state index is 0.124. The van der Waals surface area contributed by atoms with Crippen LogP contribution in [0.5, 0.6) is 0 Å². The predicted octanol–water partition coefficient (Wildman–Crippen LogP) is 1.70. The van der Waals surface area contributed by atoms with Gasteiger partial charge in [0, 0.05) is 50.9 Å². The fourth-order valence-electron chi connectivity index (χ4n) is 3.43. The highest BCUT2D eigenvalue weighted by Gasteiger charge is 2.24. The third-order valence-electron chi connectivity index (χ3n) is 5.18. The van der Waals surface area contributed by atoms with Crippen LogP contribution in [0, 0.1) is 12.7 Å². The van der Waals surface area contributed by atoms with E-state index in [0.29, 0.717) is 49.0 Å². The molecule has 0 spiro atoms. The van der Waals surface area contributed by atoms with Crippen LogP contribution in [-0.2, 0) is 0 Å². The van der Waals surface area contributed by atoms with Gasteiger partial charge in [-0.3, -0.25) is 19.6 Å². The molecule has 1 aliphatic rings. The fourth-order valence-corrected chi connectivity index (χ4v) is 3.43. The number of halogens is 1. The van der Waals surface area contributed by atoms with E-state index in [9.17, 15) is 14.0 Å². The highest BCUT2D eigenvalue weighted by molar-refractivity contribution is 5.93. The summed E-state index contributed by atoms with van der Waals surface area (Å²) in [7, 11) is 0. The van der Waals surface area contributed by atoms with Gasteiger partial charge < -0.3 is 14.7 Å². The number of hydrogen-bond donors (Lipinski definition) is 2. The SMILES string of the molecule is Cc1cc(C(=O)N2CCN(CCNC(=O)c3cc(-c4ccc(F)cc4)n[nH]3)CC2)no1. The van der Waals surface area contributed by atoms with E-state index in [0.717, 1.165) is 18.7 Å². The van der Waals surface area contributed by atoms with Gasteiger partial charge in [-0.1, -0.05) is 5.16 Å². The summed E-state index contributed by atoms with van der Waals surface area (Å²) < 4.78 is 18.0. The molecule has 1 saturated heterocycles. The number of carbonyl (C=O) groups is 2. The molecule has 0 radical (unpaired) electrons. The molecule has 0 atom stereocenters. The van der Waals surface area contributed by atoms with Gasteiger partial charge in [-0.2, -0.15) is 5.10 Å². The lowest BCUT2D eigenvalue weighted by Gasteiger charge is -2.34. The molecule has 2 amide bonds. The van der Waals surface area contributed by atoms with Crippen LogP contribution in [0.15, 0.2) is 40.9 Å². The van der Waals surface area contributed by atoms with E-state index in [1.165, 1.54) is 12.1 Å². The standard InChI is InChI=1S/C21H23FN6O3/c1-14-12-19(26-31-14)21(30)28-10-8-27(9-11-28)7-6-23-20(29)18-13-17(24-25-18)15-2-4-16(22)5-3-15/h2-5,12-13H,6-11H2,1H3,(H,23,29)(H,24,25). The van der Waals surface area contributed by atoms with Gasteiger partial charge >= 0.3 is 0 Å². The van der Waals surface area contributed by atoms with Crippen molar-refractivity contribution in [1.29, 1.82) is 0 Å². The normalized spacial score (nSPS) is 14.6. The summed E-state index contributed by atoms with van der Waals surface area (Å²) in [5, 5.41) is 13.5. The molecule has 1 fully saturated rings. The lowest BCUT2D eigenvalue weighted by molar-refractivity contribution is 0.0628. The second-order valence-corrected chi connectivity index (χ2v) is 7.39. The number of rotatable bonds is 6. The first-order valence-corrected chi connectivity index (χ1v) is 10.0. The molecule has 0 unspecified atom stereocenters. The molecule has 3 heterocycles. The average Bonchev–Trinajstić information content (AvgIpc) is 3.44. The van der Waals surface area contributed by atoms with E-state index in [1.54, 1.807) is 36.1 Å². The Morgan fingerprint density at radius 3 is 2.58 bits per heavy atom. The van der Waals surface area contributed by atoms with Crippen molar-refractivity contribution in [2.24, 2.45) is 0 Å². The zero-order valence-corrected chi connectivity index (χ0v) is 17.1. The van der Waals surface area contributed by atoms with E-state index in [-0.39, 0.29) is 17.6 Å². The van der Waals surface area contributed by atoms with Gasteiger partial charge in [-0.05, 0) is 37.3 Å². The van der Waals surface area contributed by atoms with E-state index < -0.39 is 0 Å². The van der Waals surface area contributed by atoms with Crippen LogP contribution in [0.25, 0.3) is 11.3 Å². The van der Waals surface area contributed by atoms with E-state index in [4.69, 9.17) is 4.52 Å². The van der Waals surface area contributed by atoms with E-state index in [1.807, 2.05) is 0 Å². The van der Waals surface area contributed by atoms with Crippen LogP contribution >= 0.6 is 0 Å². The summed E-state index contributed by atoms with van der Waals surface area (Å²) in [5.41, 5.74) is 1.98. The minimum Gasteiger partial charge on any atom is -0.361 e. The maximum absolute atomic E-state index is 13.0. The maximum atomic E-state index is 13.0. The summed E-state index contributed by atoms with van der Waals surface area (Å²) in [4.78, 5) is 28.7. The smallest absolute Gasteiger partial charge is 0.276 e. The van der Waals surface area contributed by atoms with Crippen LogP contribution in [0.2, 0.25) is 0 Å². The van der Waals surface area contributed by atoms with Gasteiger partial charge in [0.15, 0.2) is 5.69 Å². The Morgan fingerprint density at radius 2 is 1.90 bits per heavy atom. The number of aromatic nitrogens is 3. The third kappa shape index (κ3) is 4.97.